The quantitative estimate of drug-likeness (QED) is 0.602. The first-order chi connectivity index (χ1) is 9.72. The van der Waals surface area contributed by atoms with E-state index in [1.165, 1.54) is 31.3 Å². The number of carbonyl (C=O) groups is 1. The average Bonchev–Trinajstić information content (AvgIpc) is 3.22. The third kappa shape index (κ3) is 2.52. The summed E-state index contributed by atoms with van der Waals surface area (Å²) >= 11 is 0. The molecule has 2 atom stereocenters. The van der Waals surface area contributed by atoms with Gasteiger partial charge in [-0.1, -0.05) is 43.2 Å². The molecule has 0 aliphatic heterocycles. The van der Waals surface area contributed by atoms with Gasteiger partial charge in [0.25, 0.3) is 0 Å². The van der Waals surface area contributed by atoms with Gasteiger partial charge in [0, 0.05) is 5.92 Å². The molecule has 106 valence electrons. The first-order valence-corrected chi connectivity index (χ1v) is 7.63. The van der Waals surface area contributed by atoms with E-state index >= 15 is 0 Å². The van der Waals surface area contributed by atoms with Crippen molar-refractivity contribution >= 4 is 5.97 Å². The Bertz CT molecular complexity index is 505. The number of rotatable bonds is 3. The smallest absolute Gasteiger partial charge is 0.338 e. The van der Waals surface area contributed by atoms with Crippen molar-refractivity contribution in [2.45, 2.75) is 38.5 Å². The maximum absolute atomic E-state index is 12.0. The lowest BCUT2D eigenvalue weighted by Crippen LogP contribution is -2.13. The van der Waals surface area contributed by atoms with E-state index in [4.69, 9.17) is 4.74 Å². The van der Waals surface area contributed by atoms with E-state index < -0.39 is 0 Å². The van der Waals surface area contributed by atoms with Gasteiger partial charge >= 0.3 is 5.97 Å². The van der Waals surface area contributed by atoms with Crippen LogP contribution in [0.15, 0.2) is 42.5 Å². The summed E-state index contributed by atoms with van der Waals surface area (Å²) in [6.45, 7) is 4.83. The van der Waals surface area contributed by atoms with Crippen LogP contribution >= 0.6 is 0 Å². The van der Waals surface area contributed by atoms with Gasteiger partial charge in [-0.15, -0.1) is 0 Å². The highest BCUT2D eigenvalue weighted by Gasteiger charge is 2.55. The van der Waals surface area contributed by atoms with E-state index in [1.807, 2.05) is 18.2 Å². The van der Waals surface area contributed by atoms with Gasteiger partial charge in [-0.3, -0.25) is 0 Å². The molecule has 2 heteroatoms. The van der Waals surface area contributed by atoms with Crippen molar-refractivity contribution in [3.05, 3.63) is 48.0 Å². The number of ether oxygens (including phenoxy) is 1. The minimum absolute atomic E-state index is 0.202. The SMILES string of the molecule is C=C1CCCCC[C@]12C[C@H]2COC(=O)c1ccccc1. The number of hydrogen-bond acceptors (Lipinski definition) is 2. The Morgan fingerprint density at radius 2 is 2.05 bits per heavy atom. The summed E-state index contributed by atoms with van der Waals surface area (Å²) in [4.78, 5) is 12.0. The molecule has 0 unspecified atom stereocenters. The van der Waals surface area contributed by atoms with Crippen LogP contribution in [0.5, 0.6) is 0 Å². The predicted molar refractivity (Wildman–Crippen MR) is 79.5 cm³/mol. The van der Waals surface area contributed by atoms with Crippen LogP contribution in [0.2, 0.25) is 0 Å². The molecule has 0 aromatic heterocycles. The molecule has 2 fully saturated rings. The monoisotopic (exact) mass is 270 g/mol. The van der Waals surface area contributed by atoms with E-state index in [0.717, 1.165) is 12.8 Å². The second-order valence-electron chi connectivity index (χ2n) is 6.19. The molecule has 2 aliphatic carbocycles. The highest BCUT2D eigenvalue weighted by atomic mass is 16.5. The van der Waals surface area contributed by atoms with Crippen LogP contribution in [0.25, 0.3) is 0 Å². The van der Waals surface area contributed by atoms with Gasteiger partial charge in [-0.05, 0) is 43.2 Å². The maximum atomic E-state index is 12.0. The van der Waals surface area contributed by atoms with Crippen molar-refractivity contribution in [3.8, 4) is 0 Å². The summed E-state index contributed by atoms with van der Waals surface area (Å²) in [6, 6.07) is 9.23. The molecular weight excluding hydrogens is 248 g/mol. The third-order valence-electron chi connectivity index (χ3n) is 4.96. The molecule has 0 N–H and O–H groups in total. The Kier molecular flexibility index (Phi) is 3.64. The highest BCUT2D eigenvalue weighted by molar-refractivity contribution is 5.89. The second kappa shape index (κ2) is 5.43. The lowest BCUT2D eigenvalue weighted by atomic mass is 9.89. The van der Waals surface area contributed by atoms with Gasteiger partial charge < -0.3 is 4.74 Å². The van der Waals surface area contributed by atoms with Gasteiger partial charge in [-0.2, -0.15) is 0 Å². The van der Waals surface area contributed by atoms with Gasteiger partial charge in [-0.25, -0.2) is 4.79 Å². The molecule has 20 heavy (non-hydrogen) atoms. The normalized spacial score (nSPS) is 29.0. The fourth-order valence-electron chi connectivity index (χ4n) is 3.55. The van der Waals surface area contributed by atoms with E-state index in [2.05, 4.69) is 6.58 Å². The molecule has 1 aromatic rings. The van der Waals surface area contributed by atoms with Crippen LogP contribution in [0.4, 0.5) is 0 Å². The van der Waals surface area contributed by atoms with Crippen LogP contribution in [0, 0.1) is 11.3 Å². The Balaban J connectivity index is 1.56. The Labute approximate surface area is 120 Å². The largest absolute Gasteiger partial charge is 0.462 e. The molecular formula is C18H22O2. The van der Waals surface area contributed by atoms with Crippen molar-refractivity contribution < 1.29 is 9.53 Å². The summed E-state index contributed by atoms with van der Waals surface area (Å²) < 4.78 is 5.49. The fourth-order valence-corrected chi connectivity index (χ4v) is 3.55. The number of benzene rings is 1. The lowest BCUT2D eigenvalue weighted by molar-refractivity contribution is 0.0472. The van der Waals surface area contributed by atoms with Crippen molar-refractivity contribution in [2.75, 3.05) is 6.61 Å². The van der Waals surface area contributed by atoms with E-state index in [1.54, 1.807) is 12.1 Å². The van der Waals surface area contributed by atoms with Crippen molar-refractivity contribution in [3.63, 3.8) is 0 Å². The van der Waals surface area contributed by atoms with Crippen LogP contribution in [0.3, 0.4) is 0 Å². The molecule has 2 saturated carbocycles. The first-order valence-electron chi connectivity index (χ1n) is 7.63. The molecule has 1 aromatic carbocycles. The van der Waals surface area contributed by atoms with Gasteiger partial charge in [0.15, 0.2) is 0 Å². The standard InChI is InChI=1S/C18H22O2/c1-14-8-4-3-7-11-18(14)12-16(18)13-20-17(19)15-9-5-2-6-10-15/h2,5-6,9-10,16H,1,3-4,7-8,11-13H2/t16-,18-/m0/s1. The van der Waals surface area contributed by atoms with Crippen molar-refractivity contribution in [2.24, 2.45) is 11.3 Å². The number of carbonyl (C=O) groups excluding carboxylic acids is 1. The molecule has 0 radical (unpaired) electrons. The number of hydrogen-bond donors (Lipinski definition) is 0. The Hall–Kier alpha value is -1.57. The zero-order chi connectivity index (χ0) is 14.0. The van der Waals surface area contributed by atoms with Crippen LogP contribution in [-0.4, -0.2) is 12.6 Å². The summed E-state index contributed by atoms with van der Waals surface area (Å²) in [6.07, 6.45) is 7.44. The topological polar surface area (TPSA) is 26.3 Å². The molecule has 0 saturated heterocycles. The lowest BCUT2D eigenvalue weighted by Gasteiger charge is -2.17. The minimum Gasteiger partial charge on any atom is -0.462 e. The molecule has 3 rings (SSSR count). The molecule has 2 aliphatic rings. The summed E-state index contributed by atoms with van der Waals surface area (Å²) in [7, 11) is 0. The first kappa shape index (κ1) is 13.4. The van der Waals surface area contributed by atoms with E-state index in [0.29, 0.717) is 23.5 Å². The zero-order valence-corrected chi connectivity index (χ0v) is 11.9. The second-order valence-corrected chi connectivity index (χ2v) is 6.19. The minimum atomic E-state index is -0.202. The van der Waals surface area contributed by atoms with Gasteiger partial charge in [0.1, 0.15) is 0 Å². The van der Waals surface area contributed by atoms with Gasteiger partial charge in [0.05, 0.1) is 12.2 Å². The zero-order valence-electron chi connectivity index (χ0n) is 11.9. The summed E-state index contributed by atoms with van der Waals surface area (Å²) in [5.74, 6) is 0.299. The molecule has 0 bridgehead atoms. The van der Waals surface area contributed by atoms with Gasteiger partial charge in [0.2, 0.25) is 0 Å². The molecule has 2 nitrogen and oxygen atoms in total. The molecule has 0 amide bonds. The van der Waals surface area contributed by atoms with E-state index in [9.17, 15) is 4.79 Å². The maximum Gasteiger partial charge on any atom is 0.338 e. The van der Waals surface area contributed by atoms with Crippen LogP contribution in [0.1, 0.15) is 48.9 Å². The number of esters is 1. The summed E-state index contributed by atoms with van der Waals surface area (Å²) in [5.41, 5.74) is 2.34. The summed E-state index contributed by atoms with van der Waals surface area (Å²) in [5, 5.41) is 0. The van der Waals surface area contributed by atoms with Crippen molar-refractivity contribution in [1.29, 1.82) is 0 Å². The predicted octanol–water partition coefficient (Wildman–Crippen LogP) is 4.37. The van der Waals surface area contributed by atoms with E-state index in [-0.39, 0.29) is 5.97 Å². The van der Waals surface area contributed by atoms with Crippen LogP contribution in [-0.2, 0) is 4.74 Å². The van der Waals surface area contributed by atoms with Crippen LogP contribution < -0.4 is 0 Å². The number of allylic oxidation sites excluding steroid dienone is 1. The third-order valence-corrected chi connectivity index (χ3v) is 4.96. The Morgan fingerprint density at radius 1 is 1.25 bits per heavy atom. The van der Waals surface area contributed by atoms with Crippen molar-refractivity contribution in [1.82, 2.24) is 0 Å². The molecule has 1 spiro atoms. The fraction of sp³-hybridized carbons (Fsp3) is 0.500. The Morgan fingerprint density at radius 3 is 2.85 bits per heavy atom. The highest BCUT2D eigenvalue weighted by Crippen LogP contribution is 2.62. The molecule has 0 heterocycles. The average molecular weight is 270 g/mol.